The van der Waals surface area contributed by atoms with Crippen molar-refractivity contribution in [3.05, 3.63) is 65.7 Å². The van der Waals surface area contributed by atoms with Crippen molar-refractivity contribution in [3.63, 3.8) is 0 Å². The van der Waals surface area contributed by atoms with E-state index in [1.807, 2.05) is 31.3 Å². The summed E-state index contributed by atoms with van der Waals surface area (Å²) in [6, 6.07) is 13.4. The summed E-state index contributed by atoms with van der Waals surface area (Å²) in [7, 11) is 3.42. The number of nitrogens with zero attached hydrogens (tertiary/aromatic N) is 7. The largest absolute Gasteiger partial charge is 0.470 e. The third-order valence-electron chi connectivity index (χ3n) is 6.15. The number of benzene rings is 1. The molecule has 0 N–H and O–H groups in total. The van der Waals surface area contributed by atoms with E-state index >= 15 is 0 Å². The third-order valence-corrected chi connectivity index (χ3v) is 6.15. The maximum atomic E-state index is 12.6. The number of amides is 1. The Morgan fingerprint density at radius 2 is 1.97 bits per heavy atom. The van der Waals surface area contributed by atoms with Crippen LogP contribution in [0.2, 0.25) is 0 Å². The predicted molar refractivity (Wildman–Crippen MR) is 128 cm³/mol. The highest BCUT2D eigenvalue weighted by atomic mass is 16.5. The van der Waals surface area contributed by atoms with Gasteiger partial charge in [-0.2, -0.15) is 4.52 Å². The molecule has 0 spiro atoms. The standard InChI is InChI=1S/C25H23N7O4/c1-31(17-9-10-17)25(33)15-7-8-16(26-12-15)13-35-24-20-6-4-3-5-19(20)22-27-28-23(32(22)29-24)21-11-18(14-34-2)36-30-21/h3-8,11-12,17H,9-10,13-14H2,1-2H3. The molecule has 11 nitrogen and oxygen atoms in total. The Balaban J connectivity index is 1.29. The van der Waals surface area contributed by atoms with E-state index in [0.29, 0.717) is 52.7 Å². The molecular weight excluding hydrogens is 462 g/mol. The first-order chi connectivity index (χ1) is 17.6. The minimum Gasteiger partial charge on any atom is -0.470 e. The van der Waals surface area contributed by atoms with Crippen LogP contribution in [0.1, 0.15) is 34.7 Å². The SMILES string of the molecule is COCc1cc(-c2nnc3c4ccccc4c(OCc4ccc(C(=O)N(C)C5CC5)cn4)nn23)no1. The highest BCUT2D eigenvalue weighted by Gasteiger charge is 2.30. The van der Waals surface area contributed by atoms with E-state index in [0.717, 1.165) is 23.6 Å². The highest BCUT2D eigenvalue weighted by Crippen LogP contribution is 2.29. The lowest BCUT2D eigenvalue weighted by atomic mass is 10.2. The molecule has 5 aromatic rings. The van der Waals surface area contributed by atoms with Gasteiger partial charge in [0.15, 0.2) is 17.1 Å². The molecule has 1 amide bonds. The van der Waals surface area contributed by atoms with Crippen molar-refractivity contribution in [1.82, 2.24) is 34.9 Å². The average molecular weight is 486 g/mol. The van der Waals surface area contributed by atoms with Gasteiger partial charge in [0.1, 0.15) is 13.2 Å². The summed E-state index contributed by atoms with van der Waals surface area (Å²) in [6.45, 7) is 0.470. The lowest BCUT2D eigenvalue weighted by molar-refractivity contribution is 0.0784. The number of ether oxygens (including phenoxy) is 2. The molecule has 0 saturated heterocycles. The molecule has 4 heterocycles. The first-order valence-corrected chi connectivity index (χ1v) is 11.6. The Kier molecular flexibility index (Phi) is 5.53. The Labute approximate surface area is 205 Å². The molecule has 1 aliphatic carbocycles. The zero-order chi connectivity index (χ0) is 24.6. The van der Waals surface area contributed by atoms with Crippen LogP contribution in [-0.4, -0.2) is 61.0 Å². The maximum Gasteiger partial charge on any atom is 0.255 e. The summed E-state index contributed by atoms with van der Waals surface area (Å²) < 4.78 is 18.1. The number of methoxy groups -OCH3 is 1. The second-order valence-corrected chi connectivity index (χ2v) is 8.70. The number of carbonyl (C=O) groups excluding carboxylic acids is 1. The van der Waals surface area contributed by atoms with Gasteiger partial charge >= 0.3 is 0 Å². The number of rotatable bonds is 8. The van der Waals surface area contributed by atoms with Crippen molar-refractivity contribution in [2.24, 2.45) is 0 Å². The number of fused-ring (bicyclic) bond motifs is 3. The molecule has 0 unspecified atom stereocenters. The zero-order valence-electron chi connectivity index (χ0n) is 19.8. The van der Waals surface area contributed by atoms with Crippen molar-refractivity contribution >= 4 is 22.3 Å². The minimum absolute atomic E-state index is 0.0165. The molecule has 0 atom stereocenters. The van der Waals surface area contributed by atoms with Gasteiger partial charge < -0.3 is 18.9 Å². The number of hydrogen-bond acceptors (Lipinski definition) is 9. The molecule has 6 rings (SSSR count). The monoisotopic (exact) mass is 485 g/mol. The smallest absolute Gasteiger partial charge is 0.255 e. The summed E-state index contributed by atoms with van der Waals surface area (Å²) in [5.74, 6) is 1.37. The lowest BCUT2D eigenvalue weighted by Gasteiger charge is -2.16. The summed E-state index contributed by atoms with van der Waals surface area (Å²) >= 11 is 0. The van der Waals surface area contributed by atoms with Crippen molar-refractivity contribution in [3.8, 4) is 17.4 Å². The number of carbonyl (C=O) groups is 1. The van der Waals surface area contributed by atoms with E-state index in [4.69, 9.17) is 14.0 Å². The van der Waals surface area contributed by atoms with Gasteiger partial charge in [-0.25, -0.2) is 0 Å². The quantitative estimate of drug-likeness (QED) is 0.326. The second kappa shape index (κ2) is 9.00. The second-order valence-electron chi connectivity index (χ2n) is 8.70. The fraction of sp³-hybridized carbons (Fsp3) is 0.280. The summed E-state index contributed by atoms with van der Waals surface area (Å²) in [4.78, 5) is 18.8. The molecule has 1 fully saturated rings. The number of pyridine rings is 1. The van der Waals surface area contributed by atoms with Gasteiger partial charge in [0, 0.05) is 43.2 Å². The topological polar surface area (TPSA) is 121 Å². The number of hydrogen-bond donors (Lipinski definition) is 0. The van der Waals surface area contributed by atoms with Crippen LogP contribution in [0.3, 0.4) is 0 Å². The first-order valence-electron chi connectivity index (χ1n) is 11.6. The Morgan fingerprint density at radius 3 is 2.72 bits per heavy atom. The van der Waals surface area contributed by atoms with Crippen molar-refractivity contribution in [1.29, 1.82) is 0 Å². The van der Waals surface area contributed by atoms with E-state index in [1.54, 1.807) is 40.9 Å². The summed E-state index contributed by atoms with van der Waals surface area (Å²) in [5.41, 5.74) is 2.30. The fourth-order valence-corrected chi connectivity index (χ4v) is 4.06. The minimum atomic E-state index is -0.0165. The predicted octanol–water partition coefficient (Wildman–Crippen LogP) is 3.29. The van der Waals surface area contributed by atoms with E-state index in [2.05, 4.69) is 25.4 Å². The average Bonchev–Trinajstić information content (AvgIpc) is 3.52. The molecule has 182 valence electrons. The zero-order valence-corrected chi connectivity index (χ0v) is 19.8. The van der Waals surface area contributed by atoms with E-state index in [9.17, 15) is 4.79 Å². The van der Waals surface area contributed by atoms with Crippen molar-refractivity contribution in [2.45, 2.75) is 32.1 Å². The van der Waals surface area contributed by atoms with Crippen LogP contribution in [0, 0.1) is 0 Å². The van der Waals surface area contributed by atoms with Gasteiger partial charge in [-0.15, -0.1) is 15.3 Å². The van der Waals surface area contributed by atoms with Gasteiger partial charge in [0.25, 0.3) is 5.91 Å². The third kappa shape index (κ3) is 4.03. The molecule has 0 aliphatic heterocycles. The van der Waals surface area contributed by atoms with Gasteiger partial charge in [-0.1, -0.05) is 23.4 Å². The highest BCUT2D eigenvalue weighted by molar-refractivity contribution is 5.97. The summed E-state index contributed by atoms with van der Waals surface area (Å²) in [6.07, 6.45) is 3.72. The molecule has 1 saturated carbocycles. The molecule has 0 bridgehead atoms. The Hall–Kier alpha value is -4.38. The van der Waals surface area contributed by atoms with Crippen LogP contribution < -0.4 is 4.74 Å². The van der Waals surface area contributed by atoms with Gasteiger partial charge in [-0.05, 0) is 31.0 Å². The molecule has 4 aromatic heterocycles. The molecule has 1 aromatic carbocycles. The van der Waals surface area contributed by atoms with Crippen molar-refractivity contribution in [2.75, 3.05) is 14.2 Å². The van der Waals surface area contributed by atoms with E-state index < -0.39 is 0 Å². The molecule has 36 heavy (non-hydrogen) atoms. The van der Waals surface area contributed by atoms with E-state index in [-0.39, 0.29) is 12.5 Å². The fourth-order valence-electron chi connectivity index (χ4n) is 4.06. The van der Waals surface area contributed by atoms with Crippen LogP contribution >= 0.6 is 0 Å². The maximum absolute atomic E-state index is 12.6. The lowest BCUT2D eigenvalue weighted by Crippen LogP contribution is -2.28. The summed E-state index contributed by atoms with van der Waals surface area (Å²) in [5, 5.41) is 19.0. The van der Waals surface area contributed by atoms with Crippen molar-refractivity contribution < 1.29 is 18.8 Å². The van der Waals surface area contributed by atoms with Crippen LogP contribution in [0.4, 0.5) is 0 Å². The van der Waals surface area contributed by atoms with Gasteiger partial charge in [-0.3, -0.25) is 9.78 Å². The van der Waals surface area contributed by atoms with Crippen LogP contribution in [0.15, 0.2) is 53.2 Å². The molecule has 11 heteroatoms. The van der Waals surface area contributed by atoms with Crippen LogP contribution in [-0.2, 0) is 18.0 Å². The van der Waals surface area contributed by atoms with Crippen LogP contribution in [0.5, 0.6) is 5.88 Å². The van der Waals surface area contributed by atoms with Gasteiger partial charge in [0.05, 0.1) is 11.3 Å². The molecular formula is C25H23N7O4. The first kappa shape index (κ1) is 22.1. The Bertz CT molecular complexity index is 1560. The van der Waals surface area contributed by atoms with Crippen LogP contribution in [0.25, 0.3) is 27.9 Å². The Morgan fingerprint density at radius 1 is 1.14 bits per heavy atom. The number of aromatic nitrogens is 6. The van der Waals surface area contributed by atoms with Gasteiger partial charge in [0.2, 0.25) is 11.7 Å². The van der Waals surface area contributed by atoms with E-state index in [1.165, 1.54) is 0 Å². The molecule has 0 radical (unpaired) electrons. The molecule has 1 aliphatic rings. The normalized spacial score (nSPS) is 13.4.